The number of imidazole rings is 1. The van der Waals surface area contributed by atoms with Gasteiger partial charge in [0.1, 0.15) is 0 Å². The van der Waals surface area contributed by atoms with Gasteiger partial charge in [-0.1, -0.05) is 41.6 Å². The second kappa shape index (κ2) is 5.18. The fraction of sp³-hybridized carbons (Fsp3) is 0.250. The third-order valence-electron chi connectivity index (χ3n) is 2.34. The Bertz CT molecular complexity index is 439. The third kappa shape index (κ3) is 2.87. The van der Waals surface area contributed by atoms with Crippen LogP contribution in [0.25, 0.3) is 0 Å². The van der Waals surface area contributed by atoms with Gasteiger partial charge < -0.3 is 10.7 Å². The number of nitrogens with zero attached hydrogens (tertiary/aromatic N) is 1. The van der Waals surface area contributed by atoms with Crippen LogP contribution in [0.1, 0.15) is 17.2 Å². The first-order valence-electron chi connectivity index (χ1n) is 5.20. The van der Waals surface area contributed by atoms with Crippen molar-refractivity contribution in [2.24, 2.45) is 5.73 Å². The normalized spacial score (nSPS) is 12.6. The van der Waals surface area contributed by atoms with Gasteiger partial charge in [0.05, 0.1) is 0 Å². The van der Waals surface area contributed by atoms with Crippen molar-refractivity contribution in [2.75, 3.05) is 5.75 Å². The Morgan fingerprint density at radius 2 is 2.38 bits per heavy atom. The molecule has 0 spiro atoms. The smallest absolute Gasteiger partial charge is 0.165 e. The van der Waals surface area contributed by atoms with Crippen molar-refractivity contribution in [3.8, 4) is 0 Å². The quantitative estimate of drug-likeness (QED) is 0.798. The highest BCUT2D eigenvalue weighted by Crippen LogP contribution is 2.20. The molecule has 3 nitrogen and oxygen atoms in total. The van der Waals surface area contributed by atoms with Gasteiger partial charge in [0.25, 0.3) is 0 Å². The van der Waals surface area contributed by atoms with E-state index in [2.05, 4.69) is 35.1 Å². The zero-order valence-electron chi connectivity index (χ0n) is 9.18. The Balaban J connectivity index is 1.95. The van der Waals surface area contributed by atoms with Crippen molar-refractivity contribution in [1.29, 1.82) is 0 Å². The first-order valence-corrected chi connectivity index (χ1v) is 6.18. The van der Waals surface area contributed by atoms with Gasteiger partial charge in [-0.05, 0) is 12.5 Å². The van der Waals surface area contributed by atoms with E-state index in [0.29, 0.717) is 0 Å². The van der Waals surface area contributed by atoms with Crippen LogP contribution in [0.3, 0.4) is 0 Å². The van der Waals surface area contributed by atoms with Gasteiger partial charge in [-0.2, -0.15) is 0 Å². The van der Waals surface area contributed by atoms with Gasteiger partial charge >= 0.3 is 0 Å². The van der Waals surface area contributed by atoms with Crippen LogP contribution in [0.15, 0.2) is 41.8 Å². The molecule has 16 heavy (non-hydrogen) atoms. The molecule has 2 aromatic rings. The molecule has 0 radical (unpaired) electrons. The topological polar surface area (TPSA) is 54.7 Å². The van der Waals surface area contributed by atoms with Crippen LogP contribution in [0.4, 0.5) is 0 Å². The Morgan fingerprint density at radius 1 is 1.50 bits per heavy atom. The highest BCUT2D eigenvalue weighted by Gasteiger charge is 2.07. The summed E-state index contributed by atoms with van der Waals surface area (Å²) in [6, 6.07) is 8.38. The Kier molecular flexibility index (Phi) is 3.64. The van der Waals surface area contributed by atoms with Crippen LogP contribution in [0, 0.1) is 6.92 Å². The van der Waals surface area contributed by atoms with Crippen molar-refractivity contribution in [1.82, 2.24) is 9.97 Å². The summed E-state index contributed by atoms with van der Waals surface area (Å²) in [5.74, 6) is 0.830. The second-order valence-corrected chi connectivity index (χ2v) is 4.73. The van der Waals surface area contributed by atoms with Crippen LogP contribution in [-0.2, 0) is 0 Å². The lowest BCUT2D eigenvalue weighted by Gasteiger charge is -2.11. The zero-order chi connectivity index (χ0) is 11.4. The highest BCUT2D eigenvalue weighted by molar-refractivity contribution is 7.99. The predicted molar refractivity (Wildman–Crippen MR) is 67.4 cm³/mol. The lowest BCUT2D eigenvalue weighted by molar-refractivity contribution is 0.827. The molecular formula is C12H15N3S. The Hall–Kier alpha value is -1.26. The second-order valence-electron chi connectivity index (χ2n) is 3.73. The minimum Gasteiger partial charge on any atom is -0.340 e. The number of hydrogen-bond donors (Lipinski definition) is 2. The molecule has 0 bridgehead atoms. The van der Waals surface area contributed by atoms with Crippen molar-refractivity contribution in [3.05, 3.63) is 47.8 Å². The SMILES string of the molecule is Cc1cccc(C(N)CSc2ncc[nH]2)c1. The summed E-state index contributed by atoms with van der Waals surface area (Å²) in [6.07, 6.45) is 3.57. The van der Waals surface area contributed by atoms with E-state index in [1.54, 1.807) is 18.0 Å². The number of rotatable bonds is 4. The average Bonchev–Trinajstić information content (AvgIpc) is 2.78. The van der Waals surface area contributed by atoms with Gasteiger partial charge in [0.15, 0.2) is 5.16 Å². The summed E-state index contributed by atoms with van der Waals surface area (Å²) in [5.41, 5.74) is 8.54. The summed E-state index contributed by atoms with van der Waals surface area (Å²) in [5, 5.41) is 0.920. The maximum absolute atomic E-state index is 6.12. The number of aromatic amines is 1. The fourth-order valence-corrected chi connectivity index (χ4v) is 2.31. The number of aryl methyl sites for hydroxylation is 1. The van der Waals surface area contributed by atoms with Crippen LogP contribution < -0.4 is 5.73 Å². The fourth-order valence-electron chi connectivity index (χ4n) is 1.50. The molecule has 0 fully saturated rings. The minimum atomic E-state index is 0.0509. The first kappa shape index (κ1) is 11.2. The number of nitrogens with one attached hydrogen (secondary N) is 1. The summed E-state index contributed by atoms with van der Waals surface area (Å²) in [7, 11) is 0. The number of aromatic nitrogens is 2. The van der Waals surface area contributed by atoms with Crippen molar-refractivity contribution >= 4 is 11.8 Å². The van der Waals surface area contributed by atoms with Crippen molar-refractivity contribution in [3.63, 3.8) is 0 Å². The molecule has 4 heteroatoms. The average molecular weight is 233 g/mol. The van der Waals surface area contributed by atoms with Gasteiger partial charge in [-0.15, -0.1) is 0 Å². The Morgan fingerprint density at radius 3 is 3.06 bits per heavy atom. The van der Waals surface area contributed by atoms with E-state index in [-0.39, 0.29) is 6.04 Å². The molecule has 1 atom stereocenters. The largest absolute Gasteiger partial charge is 0.340 e. The van der Waals surface area contributed by atoms with Crippen molar-refractivity contribution in [2.45, 2.75) is 18.1 Å². The van der Waals surface area contributed by atoms with Gasteiger partial charge in [0, 0.05) is 24.2 Å². The van der Waals surface area contributed by atoms with E-state index in [1.165, 1.54) is 11.1 Å². The molecular weight excluding hydrogens is 218 g/mol. The van der Waals surface area contributed by atoms with Gasteiger partial charge in [-0.3, -0.25) is 0 Å². The van der Waals surface area contributed by atoms with E-state index < -0.39 is 0 Å². The van der Waals surface area contributed by atoms with Crippen LogP contribution in [0.2, 0.25) is 0 Å². The van der Waals surface area contributed by atoms with Gasteiger partial charge in [-0.25, -0.2) is 4.98 Å². The van der Waals surface area contributed by atoms with E-state index in [9.17, 15) is 0 Å². The lowest BCUT2D eigenvalue weighted by Crippen LogP contribution is -2.13. The maximum Gasteiger partial charge on any atom is 0.165 e. The lowest BCUT2D eigenvalue weighted by atomic mass is 10.1. The highest BCUT2D eigenvalue weighted by atomic mass is 32.2. The molecule has 2 rings (SSSR count). The van der Waals surface area contributed by atoms with Crippen molar-refractivity contribution < 1.29 is 0 Å². The van der Waals surface area contributed by atoms with E-state index >= 15 is 0 Å². The molecule has 1 heterocycles. The van der Waals surface area contributed by atoms with E-state index in [4.69, 9.17) is 5.73 Å². The summed E-state index contributed by atoms with van der Waals surface area (Å²) in [6.45, 7) is 2.08. The van der Waals surface area contributed by atoms with Crippen LogP contribution >= 0.6 is 11.8 Å². The Labute approximate surface area is 99.5 Å². The standard InChI is InChI=1S/C12H15N3S/c1-9-3-2-4-10(7-9)11(13)8-16-12-14-5-6-15-12/h2-7,11H,8,13H2,1H3,(H,14,15). The molecule has 3 N–H and O–H groups in total. The van der Waals surface area contributed by atoms with Gasteiger partial charge in [0.2, 0.25) is 0 Å². The molecule has 0 saturated heterocycles. The summed E-state index contributed by atoms with van der Waals surface area (Å²) < 4.78 is 0. The summed E-state index contributed by atoms with van der Waals surface area (Å²) >= 11 is 1.64. The monoisotopic (exact) mass is 233 g/mol. The summed E-state index contributed by atoms with van der Waals surface area (Å²) in [4.78, 5) is 7.20. The number of H-pyrrole nitrogens is 1. The number of nitrogens with two attached hydrogens (primary N) is 1. The van der Waals surface area contributed by atoms with E-state index in [1.807, 2.05) is 12.3 Å². The molecule has 1 aromatic heterocycles. The molecule has 0 aliphatic rings. The number of hydrogen-bond acceptors (Lipinski definition) is 3. The zero-order valence-corrected chi connectivity index (χ0v) is 10.00. The number of thioether (sulfide) groups is 1. The molecule has 0 aliphatic heterocycles. The molecule has 1 aromatic carbocycles. The molecule has 1 unspecified atom stereocenters. The predicted octanol–water partition coefficient (Wildman–Crippen LogP) is 2.51. The molecule has 0 saturated carbocycles. The molecule has 0 amide bonds. The molecule has 0 aliphatic carbocycles. The third-order valence-corrected chi connectivity index (χ3v) is 3.37. The minimum absolute atomic E-state index is 0.0509. The number of benzene rings is 1. The van der Waals surface area contributed by atoms with Crippen LogP contribution in [-0.4, -0.2) is 15.7 Å². The van der Waals surface area contributed by atoms with E-state index in [0.717, 1.165) is 10.9 Å². The molecule has 84 valence electrons. The maximum atomic E-state index is 6.12. The van der Waals surface area contributed by atoms with Crippen LogP contribution in [0.5, 0.6) is 0 Å². The first-order chi connectivity index (χ1) is 7.75.